The summed E-state index contributed by atoms with van der Waals surface area (Å²) in [5, 5.41) is 10.5. The number of halogens is 2. The summed E-state index contributed by atoms with van der Waals surface area (Å²) in [6.07, 6.45) is 1.34. The van der Waals surface area contributed by atoms with Crippen molar-refractivity contribution in [1.29, 1.82) is 0 Å². The molecule has 0 aliphatic carbocycles. The van der Waals surface area contributed by atoms with Crippen LogP contribution in [0.15, 0.2) is 24.4 Å². The van der Waals surface area contributed by atoms with Crippen LogP contribution in [-0.4, -0.2) is 52.8 Å². The van der Waals surface area contributed by atoms with E-state index in [0.717, 1.165) is 32.7 Å². The van der Waals surface area contributed by atoms with Gasteiger partial charge in [-0.2, -0.15) is 10.1 Å². The van der Waals surface area contributed by atoms with Crippen LogP contribution in [-0.2, 0) is 0 Å². The highest BCUT2D eigenvalue weighted by Gasteiger charge is 2.19. The SMILES string of the molecule is CCN1CCN(c2nncc(Nc3c(F)cccc3F)n2)CC1. The zero-order valence-electron chi connectivity index (χ0n) is 12.8. The second kappa shape index (κ2) is 6.82. The minimum absolute atomic E-state index is 0.241. The Morgan fingerprint density at radius 1 is 1.13 bits per heavy atom. The lowest BCUT2D eigenvalue weighted by molar-refractivity contribution is 0.269. The number of hydrogen-bond donors (Lipinski definition) is 1. The molecule has 0 unspecified atom stereocenters. The topological polar surface area (TPSA) is 57.2 Å². The van der Waals surface area contributed by atoms with Gasteiger partial charge in [-0.05, 0) is 18.7 Å². The maximum Gasteiger partial charge on any atom is 0.247 e. The van der Waals surface area contributed by atoms with E-state index in [-0.39, 0.29) is 11.5 Å². The molecule has 1 aromatic carbocycles. The van der Waals surface area contributed by atoms with Crippen molar-refractivity contribution in [2.75, 3.05) is 42.9 Å². The predicted octanol–water partition coefficient (Wildman–Crippen LogP) is 2.04. The lowest BCUT2D eigenvalue weighted by atomic mass is 10.3. The fourth-order valence-corrected chi connectivity index (χ4v) is 2.50. The predicted molar refractivity (Wildman–Crippen MR) is 83.8 cm³/mol. The Kier molecular flexibility index (Phi) is 4.61. The molecule has 2 aromatic rings. The third-order valence-corrected chi connectivity index (χ3v) is 3.87. The number of rotatable bonds is 4. The smallest absolute Gasteiger partial charge is 0.247 e. The molecule has 0 spiro atoms. The number of piperazine rings is 1. The summed E-state index contributed by atoms with van der Waals surface area (Å²) in [5.41, 5.74) is -0.241. The molecule has 0 amide bonds. The van der Waals surface area contributed by atoms with Crippen molar-refractivity contribution in [2.24, 2.45) is 0 Å². The molecule has 23 heavy (non-hydrogen) atoms. The second-order valence-corrected chi connectivity index (χ2v) is 5.28. The first-order chi connectivity index (χ1) is 11.2. The number of para-hydroxylation sites is 1. The van der Waals surface area contributed by atoms with Gasteiger partial charge in [0.25, 0.3) is 0 Å². The zero-order valence-corrected chi connectivity index (χ0v) is 12.8. The van der Waals surface area contributed by atoms with E-state index in [2.05, 4.69) is 32.3 Å². The first-order valence-corrected chi connectivity index (χ1v) is 7.55. The van der Waals surface area contributed by atoms with Gasteiger partial charge >= 0.3 is 0 Å². The Hall–Kier alpha value is -2.35. The minimum atomic E-state index is -0.679. The van der Waals surface area contributed by atoms with Crippen LogP contribution < -0.4 is 10.2 Å². The van der Waals surface area contributed by atoms with E-state index in [1.54, 1.807) is 0 Å². The van der Waals surface area contributed by atoms with Crippen molar-refractivity contribution in [3.05, 3.63) is 36.0 Å². The Balaban J connectivity index is 1.75. The van der Waals surface area contributed by atoms with E-state index in [1.165, 1.54) is 24.4 Å². The number of benzene rings is 1. The van der Waals surface area contributed by atoms with E-state index < -0.39 is 11.6 Å². The average molecular weight is 320 g/mol. The Morgan fingerprint density at radius 3 is 2.48 bits per heavy atom. The lowest BCUT2D eigenvalue weighted by Crippen LogP contribution is -2.46. The molecule has 0 bridgehead atoms. The average Bonchev–Trinajstić information content (AvgIpc) is 2.59. The number of anilines is 3. The maximum atomic E-state index is 13.7. The summed E-state index contributed by atoms with van der Waals surface area (Å²) in [5.74, 6) is -0.636. The molecule has 3 rings (SSSR count). The number of nitrogens with zero attached hydrogens (tertiary/aromatic N) is 5. The number of nitrogens with one attached hydrogen (secondary N) is 1. The fourth-order valence-electron chi connectivity index (χ4n) is 2.50. The molecule has 122 valence electrons. The van der Waals surface area contributed by atoms with E-state index in [9.17, 15) is 8.78 Å². The van der Waals surface area contributed by atoms with Gasteiger partial charge in [0.15, 0.2) is 5.82 Å². The van der Waals surface area contributed by atoms with Crippen molar-refractivity contribution >= 4 is 17.5 Å². The second-order valence-electron chi connectivity index (χ2n) is 5.28. The first-order valence-electron chi connectivity index (χ1n) is 7.55. The Labute approximate surface area is 133 Å². The van der Waals surface area contributed by atoms with Crippen molar-refractivity contribution in [1.82, 2.24) is 20.1 Å². The van der Waals surface area contributed by atoms with Gasteiger partial charge in [-0.1, -0.05) is 13.0 Å². The summed E-state index contributed by atoms with van der Waals surface area (Å²) in [7, 11) is 0. The van der Waals surface area contributed by atoms with Gasteiger partial charge in [-0.3, -0.25) is 0 Å². The minimum Gasteiger partial charge on any atom is -0.337 e. The van der Waals surface area contributed by atoms with Gasteiger partial charge in [-0.15, -0.1) is 5.10 Å². The molecule has 0 saturated carbocycles. The molecule has 2 heterocycles. The summed E-state index contributed by atoms with van der Waals surface area (Å²) < 4.78 is 27.4. The van der Waals surface area contributed by atoms with Crippen LogP contribution >= 0.6 is 0 Å². The largest absolute Gasteiger partial charge is 0.337 e. The third kappa shape index (κ3) is 3.53. The molecule has 6 nitrogen and oxygen atoms in total. The lowest BCUT2D eigenvalue weighted by Gasteiger charge is -2.33. The van der Waals surface area contributed by atoms with Gasteiger partial charge in [0.05, 0.1) is 6.20 Å². The molecule has 0 radical (unpaired) electrons. The fraction of sp³-hybridized carbons (Fsp3) is 0.400. The summed E-state index contributed by atoms with van der Waals surface area (Å²) in [6.45, 7) is 6.60. The van der Waals surface area contributed by atoms with Gasteiger partial charge < -0.3 is 15.1 Å². The molecule has 1 aliphatic rings. The van der Waals surface area contributed by atoms with Crippen LogP contribution in [0.1, 0.15) is 6.92 Å². The quantitative estimate of drug-likeness (QED) is 0.930. The van der Waals surface area contributed by atoms with Crippen molar-refractivity contribution < 1.29 is 8.78 Å². The number of hydrogen-bond acceptors (Lipinski definition) is 6. The molecule has 0 atom stereocenters. The molecule has 1 aromatic heterocycles. The monoisotopic (exact) mass is 320 g/mol. The number of likely N-dealkylation sites (N-methyl/N-ethyl adjacent to an activating group) is 1. The highest BCUT2D eigenvalue weighted by atomic mass is 19.1. The van der Waals surface area contributed by atoms with Crippen molar-refractivity contribution in [3.63, 3.8) is 0 Å². The van der Waals surface area contributed by atoms with E-state index >= 15 is 0 Å². The van der Waals surface area contributed by atoms with E-state index in [0.29, 0.717) is 5.95 Å². The number of aromatic nitrogens is 3. The summed E-state index contributed by atoms with van der Waals surface area (Å²) >= 11 is 0. The normalized spacial score (nSPS) is 15.7. The molecule has 1 saturated heterocycles. The maximum absolute atomic E-state index is 13.7. The van der Waals surface area contributed by atoms with Crippen LogP contribution in [0.25, 0.3) is 0 Å². The summed E-state index contributed by atoms with van der Waals surface area (Å²) in [4.78, 5) is 8.66. The van der Waals surface area contributed by atoms with Gasteiger partial charge in [0, 0.05) is 26.2 Å². The highest BCUT2D eigenvalue weighted by molar-refractivity contribution is 5.57. The molecular weight excluding hydrogens is 302 g/mol. The molecule has 8 heteroatoms. The zero-order chi connectivity index (χ0) is 16.2. The van der Waals surface area contributed by atoms with E-state index in [4.69, 9.17) is 0 Å². The molecule has 1 aliphatic heterocycles. The van der Waals surface area contributed by atoms with Gasteiger partial charge in [0.2, 0.25) is 5.95 Å². The van der Waals surface area contributed by atoms with Gasteiger partial charge in [-0.25, -0.2) is 8.78 Å². The first kappa shape index (κ1) is 15.5. The highest BCUT2D eigenvalue weighted by Crippen LogP contribution is 2.22. The van der Waals surface area contributed by atoms with Crippen LogP contribution in [0.5, 0.6) is 0 Å². The van der Waals surface area contributed by atoms with Crippen LogP contribution in [0.4, 0.5) is 26.2 Å². The van der Waals surface area contributed by atoms with Crippen LogP contribution in [0.2, 0.25) is 0 Å². The van der Waals surface area contributed by atoms with Crippen LogP contribution in [0.3, 0.4) is 0 Å². The van der Waals surface area contributed by atoms with E-state index in [1.807, 2.05) is 4.90 Å². The van der Waals surface area contributed by atoms with Crippen molar-refractivity contribution in [2.45, 2.75) is 6.92 Å². The Bertz CT molecular complexity index is 653. The Morgan fingerprint density at radius 2 is 1.83 bits per heavy atom. The van der Waals surface area contributed by atoms with Crippen molar-refractivity contribution in [3.8, 4) is 0 Å². The van der Waals surface area contributed by atoms with Crippen LogP contribution in [0, 0.1) is 11.6 Å². The molecule has 1 N–H and O–H groups in total. The molecule has 1 fully saturated rings. The standard InChI is InChI=1S/C15H18F2N6/c1-2-22-6-8-23(9-7-22)15-20-13(10-18-21-15)19-14-11(16)4-3-5-12(14)17/h3-5,10H,2,6-9H2,1H3,(H,19,20,21). The summed E-state index contributed by atoms with van der Waals surface area (Å²) in [6, 6.07) is 3.68. The molecular formula is C15H18F2N6. The third-order valence-electron chi connectivity index (χ3n) is 3.87. The van der Waals surface area contributed by atoms with Gasteiger partial charge in [0.1, 0.15) is 17.3 Å².